The van der Waals surface area contributed by atoms with Crippen LogP contribution in [0.5, 0.6) is 5.75 Å². The molecular weight excluding hydrogens is 266 g/mol. The number of hydrogen-bond donors (Lipinski definition) is 1. The average Bonchev–Trinajstić information content (AvgIpc) is 2.47. The van der Waals surface area contributed by atoms with Gasteiger partial charge in [-0.3, -0.25) is 0 Å². The summed E-state index contributed by atoms with van der Waals surface area (Å²) in [6.45, 7) is 1.18. The number of nitriles is 1. The highest BCUT2D eigenvalue weighted by atomic mass is 32.2. The Labute approximate surface area is 112 Å². The summed E-state index contributed by atoms with van der Waals surface area (Å²) in [5.41, 5.74) is 0. The molecule has 0 radical (unpaired) electrons. The standard InChI is InChI=1S/C12H15N3O3S/c1-18-11-3-2-4-12(7-11)19(16,17)15-6-5-14-9-10(15)8-13/h2-4,7,10,14H,5-6,9H2,1H3. The summed E-state index contributed by atoms with van der Waals surface area (Å²) in [7, 11) is -2.18. The van der Waals surface area contributed by atoms with Crippen LogP contribution in [-0.4, -0.2) is 45.5 Å². The Morgan fingerprint density at radius 3 is 3.00 bits per heavy atom. The summed E-state index contributed by atoms with van der Waals surface area (Å²) in [6.07, 6.45) is 0. The first-order valence-corrected chi connectivity index (χ1v) is 7.30. The minimum absolute atomic E-state index is 0.147. The van der Waals surface area contributed by atoms with Crippen molar-refractivity contribution in [3.63, 3.8) is 0 Å². The van der Waals surface area contributed by atoms with Crippen molar-refractivity contribution in [3.8, 4) is 11.8 Å². The van der Waals surface area contributed by atoms with Crippen LogP contribution in [0.15, 0.2) is 29.2 Å². The highest BCUT2D eigenvalue weighted by Gasteiger charge is 2.33. The lowest BCUT2D eigenvalue weighted by molar-refractivity contribution is 0.311. The van der Waals surface area contributed by atoms with Gasteiger partial charge in [0.1, 0.15) is 11.8 Å². The number of nitrogens with zero attached hydrogens (tertiary/aromatic N) is 2. The molecule has 7 heteroatoms. The average molecular weight is 281 g/mol. The number of methoxy groups -OCH3 is 1. The molecule has 2 rings (SSSR count). The van der Waals surface area contributed by atoms with Gasteiger partial charge in [-0.1, -0.05) is 6.07 Å². The maximum absolute atomic E-state index is 12.5. The van der Waals surface area contributed by atoms with Crippen LogP contribution in [0.1, 0.15) is 0 Å². The van der Waals surface area contributed by atoms with Crippen molar-refractivity contribution in [1.82, 2.24) is 9.62 Å². The van der Waals surface area contributed by atoms with Crippen LogP contribution in [0.3, 0.4) is 0 Å². The largest absolute Gasteiger partial charge is 0.497 e. The lowest BCUT2D eigenvalue weighted by atomic mass is 10.3. The van der Waals surface area contributed by atoms with Gasteiger partial charge in [-0.25, -0.2) is 8.42 Å². The number of nitrogens with one attached hydrogen (secondary N) is 1. The third-order valence-corrected chi connectivity index (χ3v) is 4.90. The molecule has 0 amide bonds. The first-order chi connectivity index (χ1) is 9.09. The van der Waals surface area contributed by atoms with E-state index in [0.29, 0.717) is 18.8 Å². The van der Waals surface area contributed by atoms with Crippen molar-refractivity contribution in [2.45, 2.75) is 10.9 Å². The van der Waals surface area contributed by atoms with E-state index in [-0.39, 0.29) is 11.4 Å². The van der Waals surface area contributed by atoms with Crippen LogP contribution in [-0.2, 0) is 10.0 Å². The molecular formula is C12H15N3O3S. The SMILES string of the molecule is COc1cccc(S(=O)(=O)N2CCNCC2C#N)c1. The number of sulfonamides is 1. The predicted octanol–water partition coefficient (Wildman–Crippen LogP) is 0.181. The van der Waals surface area contributed by atoms with Gasteiger partial charge in [0.05, 0.1) is 18.1 Å². The highest BCUT2D eigenvalue weighted by molar-refractivity contribution is 7.89. The molecule has 1 aliphatic heterocycles. The third kappa shape index (κ3) is 2.71. The molecule has 1 N–H and O–H groups in total. The maximum Gasteiger partial charge on any atom is 0.244 e. The second-order valence-electron chi connectivity index (χ2n) is 4.14. The van der Waals surface area contributed by atoms with E-state index < -0.39 is 16.1 Å². The summed E-state index contributed by atoms with van der Waals surface area (Å²) in [4.78, 5) is 0.147. The highest BCUT2D eigenvalue weighted by Crippen LogP contribution is 2.22. The second kappa shape index (κ2) is 5.57. The van der Waals surface area contributed by atoms with Crippen molar-refractivity contribution in [1.29, 1.82) is 5.26 Å². The van der Waals surface area contributed by atoms with Gasteiger partial charge in [0.15, 0.2) is 0 Å². The fourth-order valence-corrected chi connectivity index (χ4v) is 3.56. The molecule has 0 spiro atoms. The first-order valence-electron chi connectivity index (χ1n) is 5.86. The zero-order chi connectivity index (χ0) is 13.9. The smallest absolute Gasteiger partial charge is 0.244 e. The van der Waals surface area contributed by atoms with Crippen LogP contribution < -0.4 is 10.1 Å². The topological polar surface area (TPSA) is 82.4 Å². The number of piperazine rings is 1. The molecule has 1 atom stereocenters. The minimum Gasteiger partial charge on any atom is -0.497 e. The van der Waals surface area contributed by atoms with Gasteiger partial charge in [0.2, 0.25) is 10.0 Å². The fraction of sp³-hybridized carbons (Fsp3) is 0.417. The van der Waals surface area contributed by atoms with Crippen LogP contribution in [0, 0.1) is 11.3 Å². The number of benzene rings is 1. The predicted molar refractivity (Wildman–Crippen MR) is 69.2 cm³/mol. The Kier molecular flexibility index (Phi) is 4.04. The third-order valence-electron chi connectivity index (χ3n) is 2.99. The molecule has 1 heterocycles. The summed E-state index contributed by atoms with van der Waals surface area (Å²) < 4.78 is 31.3. The number of ether oxygens (including phenoxy) is 1. The second-order valence-corrected chi connectivity index (χ2v) is 6.03. The summed E-state index contributed by atoms with van der Waals surface area (Å²) in [5.74, 6) is 0.477. The van der Waals surface area contributed by atoms with E-state index >= 15 is 0 Å². The molecule has 102 valence electrons. The molecule has 1 fully saturated rings. The zero-order valence-electron chi connectivity index (χ0n) is 10.5. The molecule has 1 unspecified atom stereocenters. The molecule has 1 aromatic rings. The van der Waals surface area contributed by atoms with Crippen molar-refractivity contribution in [3.05, 3.63) is 24.3 Å². The van der Waals surface area contributed by atoms with Gasteiger partial charge in [-0.05, 0) is 12.1 Å². The fourth-order valence-electron chi connectivity index (χ4n) is 1.98. The van der Waals surface area contributed by atoms with E-state index in [1.54, 1.807) is 12.1 Å². The molecule has 1 aromatic carbocycles. The summed E-state index contributed by atoms with van der Waals surface area (Å²) in [5, 5.41) is 12.1. The minimum atomic E-state index is -3.67. The van der Waals surface area contributed by atoms with Crippen molar-refractivity contribution in [2.75, 3.05) is 26.7 Å². The lowest BCUT2D eigenvalue weighted by Crippen LogP contribution is -2.52. The van der Waals surface area contributed by atoms with Gasteiger partial charge in [0, 0.05) is 25.7 Å². The van der Waals surface area contributed by atoms with Crippen molar-refractivity contribution < 1.29 is 13.2 Å². The molecule has 19 heavy (non-hydrogen) atoms. The summed E-state index contributed by atoms with van der Waals surface area (Å²) >= 11 is 0. The van der Waals surface area contributed by atoms with Crippen LogP contribution in [0.25, 0.3) is 0 Å². The molecule has 1 saturated heterocycles. The van der Waals surface area contributed by atoms with E-state index in [2.05, 4.69) is 5.32 Å². The zero-order valence-corrected chi connectivity index (χ0v) is 11.4. The Balaban J connectivity index is 2.38. The van der Waals surface area contributed by atoms with E-state index in [9.17, 15) is 8.42 Å². The van der Waals surface area contributed by atoms with Gasteiger partial charge < -0.3 is 10.1 Å². The van der Waals surface area contributed by atoms with Crippen LogP contribution in [0.4, 0.5) is 0 Å². The Morgan fingerprint density at radius 1 is 1.53 bits per heavy atom. The molecule has 6 nitrogen and oxygen atoms in total. The Hall–Kier alpha value is -1.62. The van der Waals surface area contributed by atoms with E-state index in [4.69, 9.17) is 10.00 Å². The summed E-state index contributed by atoms with van der Waals surface area (Å²) in [6, 6.07) is 7.61. The molecule has 0 bridgehead atoms. The monoisotopic (exact) mass is 281 g/mol. The number of hydrogen-bond acceptors (Lipinski definition) is 5. The van der Waals surface area contributed by atoms with Gasteiger partial charge in [-0.2, -0.15) is 9.57 Å². The van der Waals surface area contributed by atoms with E-state index in [1.165, 1.54) is 23.5 Å². The van der Waals surface area contributed by atoms with E-state index in [0.717, 1.165) is 0 Å². The number of rotatable bonds is 3. The normalized spacial score (nSPS) is 20.7. The molecule has 1 aliphatic rings. The molecule has 0 aliphatic carbocycles. The van der Waals surface area contributed by atoms with Crippen LogP contribution >= 0.6 is 0 Å². The maximum atomic E-state index is 12.5. The Bertz CT molecular complexity index is 594. The van der Waals surface area contributed by atoms with Gasteiger partial charge >= 0.3 is 0 Å². The quantitative estimate of drug-likeness (QED) is 0.854. The first kappa shape index (κ1) is 13.8. The lowest BCUT2D eigenvalue weighted by Gasteiger charge is -2.30. The molecule has 0 saturated carbocycles. The van der Waals surface area contributed by atoms with Crippen molar-refractivity contribution >= 4 is 10.0 Å². The van der Waals surface area contributed by atoms with E-state index in [1.807, 2.05) is 6.07 Å². The van der Waals surface area contributed by atoms with Gasteiger partial charge in [-0.15, -0.1) is 0 Å². The van der Waals surface area contributed by atoms with Crippen LogP contribution in [0.2, 0.25) is 0 Å². The molecule has 0 aromatic heterocycles. The van der Waals surface area contributed by atoms with Gasteiger partial charge in [0.25, 0.3) is 0 Å². The van der Waals surface area contributed by atoms with Crippen molar-refractivity contribution in [2.24, 2.45) is 0 Å². The Morgan fingerprint density at radius 2 is 2.32 bits per heavy atom.